The van der Waals surface area contributed by atoms with Crippen molar-refractivity contribution in [1.82, 2.24) is 10.2 Å². The number of fused-ring (bicyclic) bond motifs is 2. The highest BCUT2D eigenvalue weighted by molar-refractivity contribution is 5.65. The molecule has 2 atom stereocenters. The van der Waals surface area contributed by atoms with Crippen LogP contribution in [0.15, 0.2) is 0 Å². The molecule has 2 heterocycles. The van der Waals surface area contributed by atoms with E-state index in [0.29, 0.717) is 25.2 Å². The lowest BCUT2D eigenvalue weighted by molar-refractivity contribution is 0.0998. The van der Waals surface area contributed by atoms with Gasteiger partial charge in [-0.15, -0.1) is 0 Å². The number of hydrogen-bond donors (Lipinski definition) is 2. The van der Waals surface area contributed by atoms with Crippen LogP contribution in [0.1, 0.15) is 19.3 Å². The zero-order chi connectivity index (χ0) is 8.55. The molecule has 0 radical (unpaired) electrons. The lowest BCUT2D eigenvalue weighted by Gasteiger charge is -2.41. The van der Waals surface area contributed by atoms with Gasteiger partial charge in [-0.3, -0.25) is 0 Å². The van der Waals surface area contributed by atoms with Crippen LogP contribution in [0.4, 0.5) is 4.79 Å². The summed E-state index contributed by atoms with van der Waals surface area (Å²) < 4.78 is 0. The number of carbonyl (C=O) groups is 1. The van der Waals surface area contributed by atoms with Crippen molar-refractivity contribution in [2.45, 2.75) is 31.3 Å². The number of piperazine rings is 1. The van der Waals surface area contributed by atoms with Crippen LogP contribution in [0, 0.1) is 0 Å². The molecule has 12 heavy (non-hydrogen) atoms. The van der Waals surface area contributed by atoms with Crippen molar-refractivity contribution < 1.29 is 9.90 Å². The summed E-state index contributed by atoms with van der Waals surface area (Å²) in [6.45, 7) is 1.34. The van der Waals surface area contributed by atoms with E-state index in [1.54, 1.807) is 0 Å². The van der Waals surface area contributed by atoms with E-state index in [-0.39, 0.29) is 0 Å². The molecule has 2 bridgehead atoms. The van der Waals surface area contributed by atoms with Crippen molar-refractivity contribution in [3.63, 3.8) is 0 Å². The Labute approximate surface area is 71.5 Å². The van der Waals surface area contributed by atoms with E-state index in [0.717, 1.165) is 12.8 Å². The number of rotatable bonds is 0. The number of hydrogen-bond acceptors (Lipinski definition) is 2. The van der Waals surface area contributed by atoms with Crippen molar-refractivity contribution >= 4 is 6.09 Å². The van der Waals surface area contributed by atoms with Gasteiger partial charge in [0.1, 0.15) is 0 Å². The lowest BCUT2D eigenvalue weighted by Crippen LogP contribution is -2.59. The van der Waals surface area contributed by atoms with E-state index < -0.39 is 6.09 Å². The number of nitrogens with zero attached hydrogens (tertiary/aromatic N) is 1. The molecule has 2 aliphatic rings. The second-order valence-corrected chi connectivity index (χ2v) is 3.68. The Bertz CT molecular complexity index is 183. The second kappa shape index (κ2) is 2.94. The van der Waals surface area contributed by atoms with Gasteiger partial charge in [0.2, 0.25) is 0 Å². The van der Waals surface area contributed by atoms with Crippen LogP contribution in [0.5, 0.6) is 0 Å². The number of piperidine rings is 1. The SMILES string of the molecule is O=C(O)N1CC2CCCC(C1)N2. The van der Waals surface area contributed by atoms with Gasteiger partial charge in [0.15, 0.2) is 0 Å². The summed E-state index contributed by atoms with van der Waals surface area (Å²) in [4.78, 5) is 12.2. The summed E-state index contributed by atoms with van der Waals surface area (Å²) >= 11 is 0. The van der Waals surface area contributed by atoms with Crippen LogP contribution < -0.4 is 5.32 Å². The molecule has 0 aromatic carbocycles. The average molecular weight is 170 g/mol. The molecule has 2 saturated heterocycles. The van der Waals surface area contributed by atoms with Crippen molar-refractivity contribution in [3.05, 3.63) is 0 Å². The molecule has 68 valence electrons. The highest BCUT2D eigenvalue weighted by Gasteiger charge is 2.31. The number of likely N-dealkylation sites (tertiary alicyclic amines) is 1. The van der Waals surface area contributed by atoms with E-state index in [4.69, 9.17) is 5.11 Å². The predicted molar refractivity (Wildman–Crippen MR) is 44.2 cm³/mol. The third-order valence-electron chi connectivity index (χ3n) is 2.73. The Morgan fingerprint density at radius 3 is 2.42 bits per heavy atom. The van der Waals surface area contributed by atoms with Gasteiger partial charge in [-0.1, -0.05) is 6.42 Å². The fraction of sp³-hybridized carbons (Fsp3) is 0.875. The van der Waals surface area contributed by atoms with E-state index >= 15 is 0 Å². The number of carboxylic acid groups (broad SMARTS) is 1. The molecular formula is C8H14N2O2. The second-order valence-electron chi connectivity index (χ2n) is 3.68. The molecule has 2 unspecified atom stereocenters. The monoisotopic (exact) mass is 170 g/mol. The van der Waals surface area contributed by atoms with Crippen molar-refractivity contribution in [2.24, 2.45) is 0 Å². The highest BCUT2D eigenvalue weighted by atomic mass is 16.4. The summed E-state index contributed by atoms with van der Waals surface area (Å²) in [5.41, 5.74) is 0. The largest absolute Gasteiger partial charge is 0.465 e. The molecule has 0 aliphatic carbocycles. The predicted octanol–water partition coefficient (Wildman–Crippen LogP) is 0.491. The molecule has 0 spiro atoms. The van der Waals surface area contributed by atoms with Gasteiger partial charge in [0.05, 0.1) is 0 Å². The van der Waals surface area contributed by atoms with Crippen LogP contribution in [0.2, 0.25) is 0 Å². The fourth-order valence-corrected chi connectivity index (χ4v) is 2.16. The Morgan fingerprint density at radius 1 is 1.33 bits per heavy atom. The molecular weight excluding hydrogens is 156 g/mol. The Hall–Kier alpha value is -0.770. The molecule has 2 N–H and O–H groups in total. The minimum absolute atomic E-state index is 0.411. The normalized spacial score (nSPS) is 34.8. The van der Waals surface area contributed by atoms with Crippen molar-refractivity contribution in [2.75, 3.05) is 13.1 Å². The van der Waals surface area contributed by atoms with E-state index in [9.17, 15) is 4.79 Å². The van der Waals surface area contributed by atoms with E-state index in [1.165, 1.54) is 11.3 Å². The van der Waals surface area contributed by atoms with Gasteiger partial charge in [-0.2, -0.15) is 0 Å². The molecule has 2 aliphatic heterocycles. The highest BCUT2D eigenvalue weighted by Crippen LogP contribution is 2.19. The van der Waals surface area contributed by atoms with E-state index in [2.05, 4.69) is 5.32 Å². The first-order chi connectivity index (χ1) is 5.75. The van der Waals surface area contributed by atoms with Gasteiger partial charge in [0, 0.05) is 25.2 Å². The van der Waals surface area contributed by atoms with Gasteiger partial charge in [-0.05, 0) is 12.8 Å². The minimum atomic E-state index is -0.770. The standard InChI is InChI=1S/C8H14N2O2/c11-8(12)10-4-6-2-1-3-7(5-10)9-6/h6-7,9H,1-5H2,(H,11,12). The Balaban J connectivity index is 2.00. The summed E-state index contributed by atoms with van der Waals surface area (Å²) in [5.74, 6) is 0. The summed E-state index contributed by atoms with van der Waals surface area (Å²) in [6.07, 6.45) is 2.73. The van der Waals surface area contributed by atoms with E-state index in [1.807, 2.05) is 0 Å². The lowest BCUT2D eigenvalue weighted by atomic mass is 9.94. The number of nitrogens with one attached hydrogen (secondary N) is 1. The first kappa shape index (κ1) is 7.86. The van der Waals surface area contributed by atoms with Gasteiger partial charge in [0.25, 0.3) is 0 Å². The Morgan fingerprint density at radius 2 is 1.92 bits per heavy atom. The molecule has 4 nitrogen and oxygen atoms in total. The number of amides is 1. The third kappa shape index (κ3) is 1.39. The minimum Gasteiger partial charge on any atom is -0.465 e. The van der Waals surface area contributed by atoms with Crippen molar-refractivity contribution in [3.8, 4) is 0 Å². The zero-order valence-corrected chi connectivity index (χ0v) is 6.99. The van der Waals surface area contributed by atoms with Gasteiger partial charge in [-0.25, -0.2) is 4.79 Å². The molecule has 1 amide bonds. The van der Waals surface area contributed by atoms with Crippen molar-refractivity contribution in [1.29, 1.82) is 0 Å². The average Bonchev–Trinajstić information content (AvgIpc) is 2.03. The van der Waals surface area contributed by atoms with Gasteiger partial charge >= 0.3 is 6.09 Å². The molecule has 0 saturated carbocycles. The first-order valence-electron chi connectivity index (χ1n) is 4.49. The fourth-order valence-electron chi connectivity index (χ4n) is 2.16. The molecule has 0 aromatic rings. The maximum atomic E-state index is 10.7. The summed E-state index contributed by atoms with van der Waals surface area (Å²) in [7, 11) is 0. The van der Waals surface area contributed by atoms with Gasteiger partial charge < -0.3 is 15.3 Å². The topological polar surface area (TPSA) is 52.6 Å². The summed E-state index contributed by atoms with van der Waals surface area (Å²) in [6, 6.07) is 0.821. The quantitative estimate of drug-likeness (QED) is 0.556. The third-order valence-corrected chi connectivity index (χ3v) is 2.73. The molecule has 2 rings (SSSR count). The van der Waals surface area contributed by atoms with Crippen LogP contribution in [-0.2, 0) is 0 Å². The van der Waals surface area contributed by atoms with Crippen LogP contribution in [0.3, 0.4) is 0 Å². The van der Waals surface area contributed by atoms with Crippen LogP contribution in [0.25, 0.3) is 0 Å². The maximum Gasteiger partial charge on any atom is 0.407 e. The first-order valence-corrected chi connectivity index (χ1v) is 4.49. The molecule has 0 aromatic heterocycles. The maximum absolute atomic E-state index is 10.7. The van der Waals surface area contributed by atoms with Crippen LogP contribution in [-0.4, -0.2) is 41.3 Å². The Kier molecular flexibility index (Phi) is 1.92. The zero-order valence-electron chi connectivity index (χ0n) is 6.99. The smallest absolute Gasteiger partial charge is 0.407 e. The molecule has 4 heteroatoms. The summed E-state index contributed by atoms with van der Waals surface area (Å²) in [5, 5.41) is 12.2. The van der Waals surface area contributed by atoms with Crippen LogP contribution >= 0.6 is 0 Å². The molecule has 2 fully saturated rings.